The molecule has 1 amide bonds. The van der Waals surface area contributed by atoms with Gasteiger partial charge in [0.05, 0.1) is 17.2 Å². The number of ether oxygens (including phenoxy) is 1. The lowest BCUT2D eigenvalue weighted by molar-refractivity contribution is -0.141. The number of rotatable bonds is 7. The third kappa shape index (κ3) is 4.59. The quantitative estimate of drug-likeness (QED) is 0.534. The first kappa shape index (κ1) is 22.1. The molecule has 0 atom stereocenters. The first-order chi connectivity index (χ1) is 14.2. The molecular formula is C22H28N2O5S. The fraction of sp³-hybridized carbons (Fsp3) is 0.455. The average Bonchev–Trinajstić information content (AvgIpc) is 3.03. The van der Waals surface area contributed by atoms with Gasteiger partial charge in [0.15, 0.2) is 0 Å². The Morgan fingerprint density at radius 2 is 1.77 bits per heavy atom. The molecule has 0 saturated carbocycles. The van der Waals surface area contributed by atoms with Gasteiger partial charge in [-0.15, -0.1) is 0 Å². The number of aryl methyl sites for hydroxylation is 3. The van der Waals surface area contributed by atoms with Crippen LogP contribution in [0.2, 0.25) is 0 Å². The van der Waals surface area contributed by atoms with Gasteiger partial charge in [0.2, 0.25) is 5.91 Å². The Morgan fingerprint density at radius 1 is 1.10 bits per heavy atom. The van der Waals surface area contributed by atoms with Gasteiger partial charge in [0, 0.05) is 25.2 Å². The van der Waals surface area contributed by atoms with Crippen molar-refractivity contribution in [3.63, 3.8) is 0 Å². The zero-order valence-corrected chi connectivity index (χ0v) is 18.5. The molecule has 1 aliphatic rings. The second-order valence-electron chi connectivity index (χ2n) is 7.66. The smallest absolute Gasteiger partial charge is 0.302 e. The van der Waals surface area contributed by atoms with Crippen LogP contribution < -0.4 is 4.31 Å². The van der Waals surface area contributed by atoms with Crippen molar-refractivity contribution in [1.29, 1.82) is 0 Å². The lowest BCUT2D eigenvalue weighted by Crippen LogP contribution is -2.36. The molecule has 2 aromatic rings. The van der Waals surface area contributed by atoms with Crippen LogP contribution in [0.25, 0.3) is 0 Å². The highest BCUT2D eigenvalue weighted by Crippen LogP contribution is 2.37. The van der Waals surface area contributed by atoms with Crippen LogP contribution in [0.5, 0.6) is 0 Å². The Labute approximate surface area is 177 Å². The summed E-state index contributed by atoms with van der Waals surface area (Å²) in [6.45, 7) is 4.74. The van der Waals surface area contributed by atoms with Gasteiger partial charge < -0.3 is 9.72 Å². The van der Waals surface area contributed by atoms with Crippen molar-refractivity contribution in [1.82, 2.24) is 4.98 Å². The van der Waals surface area contributed by atoms with Crippen molar-refractivity contribution >= 4 is 27.6 Å². The van der Waals surface area contributed by atoms with Gasteiger partial charge in [-0.2, -0.15) is 0 Å². The van der Waals surface area contributed by atoms with Crippen molar-refractivity contribution in [2.75, 3.05) is 10.9 Å². The molecule has 162 valence electrons. The van der Waals surface area contributed by atoms with E-state index in [-0.39, 0.29) is 17.5 Å². The van der Waals surface area contributed by atoms with Crippen molar-refractivity contribution in [2.24, 2.45) is 0 Å². The van der Waals surface area contributed by atoms with E-state index in [1.54, 1.807) is 12.1 Å². The minimum Gasteiger partial charge on any atom is -0.466 e. The molecule has 0 fully saturated rings. The summed E-state index contributed by atoms with van der Waals surface area (Å²) in [5.74, 6) is -0.905. The highest BCUT2D eigenvalue weighted by atomic mass is 32.2. The second-order valence-corrected chi connectivity index (χ2v) is 9.45. The van der Waals surface area contributed by atoms with Crippen LogP contribution in [0, 0.1) is 6.92 Å². The van der Waals surface area contributed by atoms with E-state index < -0.39 is 15.9 Å². The van der Waals surface area contributed by atoms with Crippen LogP contribution in [0.1, 0.15) is 55.6 Å². The molecule has 8 heteroatoms. The molecule has 0 spiro atoms. The number of esters is 1. The van der Waals surface area contributed by atoms with E-state index in [4.69, 9.17) is 4.74 Å². The summed E-state index contributed by atoms with van der Waals surface area (Å²) in [5, 5.41) is 0. The fourth-order valence-electron chi connectivity index (χ4n) is 3.88. The summed E-state index contributed by atoms with van der Waals surface area (Å²) in [4.78, 5) is 27.1. The Kier molecular flexibility index (Phi) is 6.65. The molecule has 0 radical (unpaired) electrons. The first-order valence-corrected chi connectivity index (χ1v) is 11.6. The number of sulfonamides is 1. The highest BCUT2D eigenvalue weighted by molar-refractivity contribution is 7.93. The minimum atomic E-state index is -4.06. The van der Waals surface area contributed by atoms with Crippen LogP contribution in [0.3, 0.4) is 0 Å². The molecule has 1 aromatic carbocycles. The molecule has 7 nitrogen and oxygen atoms in total. The highest BCUT2D eigenvalue weighted by Gasteiger charge is 2.35. The molecule has 0 unspecified atom stereocenters. The van der Waals surface area contributed by atoms with E-state index in [0.717, 1.165) is 46.8 Å². The zero-order valence-electron chi connectivity index (χ0n) is 17.7. The third-order valence-corrected chi connectivity index (χ3v) is 7.05. The number of aromatic amines is 1. The zero-order chi connectivity index (χ0) is 21.9. The number of carbonyl (C=O) groups excluding carboxylic acids is 2. The van der Waals surface area contributed by atoms with E-state index in [2.05, 4.69) is 4.98 Å². The van der Waals surface area contributed by atoms with Crippen LogP contribution in [0.4, 0.5) is 5.69 Å². The van der Waals surface area contributed by atoms with E-state index in [0.29, 0.717) is 24.2 Å². The number of carbonyl (C=O) groups is 2. The van der Waals surface area contributed by atoms with Gasteiger partial charge in [0.25, 0.3) is 10.0 Å². The third-order valence-electron chi connectivity index (χ3n) is 5.27. The summed E-state index contributed by atoms with van der Waals surface area (Å²) in [6, 6.07) is 6.50. The van der Waals surface area contributed by atoms with Gasteiger partial charge >= 0.3 is 5.97 Å². The van der Waals surface area contributed by atoms with E-state index >= 15 is 0 Å². The standard InChI is InChI=1S/C22H28N2O5S/c1-15-10-12-18(13-11-15)30(27,28)24(16(2)25)22-19-7-4-5-8-20(19)23-21(22)9-6-14-29-17(3)26/h10-13,23H,4-9,14H2,1-3H3. The van der Waals surface area contributed by atoms with Crippen LogP contribution >= 0.6 is 0 Å². The molecule has 3 rings (SSSR count). The Morgan fingerprint density at radius 3 is 2.40 bits per heavy atom. The Hall–Kier alpha value is -2.61. The molecule has 30 heavy (non-hydrogen) atoms. The number of nitrogens with zero attached hydrogens (tertiary/aromatic N) is 1. The molecule has 1 aliphatic carbocycles. The first-order valence-electron chi connectivity index (χ1n) is 10.2. The van der Waals surface area contributed by atoms with Crippen molar-refractivity contribution in [3.8, 4) is 0 Å². The summed E-state index contributed by atoms with van der Waals surface area (Å²) in [6.07, 6.45) is 4.51. The maximum atomic E-state index is 13.5. The summed E-state index contributed by atoms with van der Waals surface area (Å²) < 4.78 is 32.9. The molecule has 1 N–H and O–H groups in total. The van der Waals surface area contributed by atoms with Crippen molar-refractivity contribution < 1.29 is 22.7 Å². The van der Waals surface area contributed by atoms with Gasteiger partial charge in [0.1, 0.15) is 0 Å². The molecule has 0 aliphatic heterocycles. The molecule has 1 heterocycles. The lowest BCUT2D eigenvalue weighted by atomic mass is 9.96. The average molecular weight is 433 g/mol. The SMILES string of the molecule is CC(=O)OCCCc1[nH]c2c(c1N(C(C)=O)S(=O)(=O)c1ccc(C)cc1)CCCC2. The Balaban J connectivity index is 2.04. The van der Waals surface area contributed by atoms with Gasteiger partial charge in [-0.1, -0.05) is 17.7 Å². The maximum Gasteiger partial charge on any atom is 0.302 e. The van der Waals surface area contributed by atoms with Crippen LogP contribution in [-0.2, 0) is 43.6 Å². The largest absolute Gasteiger partial charge is 0.466 e. The predicted molar refractivity (Wildman–Crippen MR) is 114 cm³/mol. The normalized spacial score (nSPS) is 13.6. The van der Waals surface area contributed by atoms with Gasteiger partial charge in [-0.05, 0) is 63.1 Å². The number of aromatic nitrogens is 1. The monoisotopic (exact) mass is 432 g/mol. The predicted octanol–water partition coefficient (Wildman–Crippen LogP) is 3.44. The fourth-order valence-corrected chi connectivity index (χ4v) is 5.37. The van der Waals surface area contributed by atoms with Crippen LogP contribution in [-0.4, -0.2) is 31.9 Å². The van der Waals surface area contributed by atoms with E-state index in [1.165, 1.54) is 26.0 Å². The second kappa shape index (κ2) is 9.04. The van der Waals surface area contributed by atoms with Gasteiger partial charge in [-0.25, -0.2) is 12.7 Å². The van der Waals surface area contributed by atoms with E-state index in [1.807, 2.05) is 6.92 Å². The number of anilines is 1. The minimum absolute atomic E-state index is 0.0833. The molecule has 0 saturated heterocycles. The van der Waals surface area contributed by atoms with Crippen molar-refractivity contribution in [3.05, 3.63) is 46.8 Å². The summed E-state index contributed by atoms with van der Waals surface area (Å²) >= 11 is 0. The Bertz CT molecular complexity index is 1040. The number of hydrogen-bond acceptors (Lipinski definition) is 5. The maximum absolute atomic E-state index is 13.5. The van der Waals surface area contributed by atoms with Crippen molar-refractivity contribution in [2.45, 2.75) is 64.2 Å². The number of amides is 1. The molecule has 1 aromatic heterocycles. The topological polar surface area (TPSA) is 96.5 Å². The molecule has 0 bridgehead atoms. The summed E-state index contributed by atoms with van der Waals surface area (Å²) in [7, 11) is -4.06. The number of fused-ring (bicyclic) bond motifs is 1. The van der Waals surface area contributed by atoms with Crippen LogP contribution in [0.15, 0.2) is 29.2 Å². The van der Waals surface area contributed by atoms with E-state index in [9.17, 15) is 18.0 Å². The lowest BCUT2D eigenvalue weighted by Gasteiger charge is -2.24. The van der Waals surface area contributed by atoms with Gasteiger partial charge in [-0.3, -0.25) is 9.59 Å². The number of hydrogen-bond donors (Lipinski definition) is 1. The summed E-state index contributed by atoms with van der Waals surface area (Å²) in [5.41, 5.74) is 3.97. The molecular weight excluding hydrogens is 404 g/mol. The number of nitrogens with one attached hydrogen (secondary N) is 1. The number of benzene rings is 1. The number of H-pyrrole nitrogens is 1.